The quantitative estimate of drug-likeness (QED) is 0.121. The number of hydrogen-bond donors (Lipinski definition) is 8. The van der Waals surface area contributed by atoms with E-state index in [4.69, 9.17) is 21.7 Å². The maximum atomic E-state index is 12.2. The zero-order chi connectivity index (χ0) is 23.3. The van der Waals surface area contributed by atoms with Gasteiger partial charge in [0.2, 0.25) is 17.7 Å². The minimum atomic E-state index is -1.44. The number of aliphatic carboxylic acids is 2. The fourth-order valence-corrected chi connectivity index (χ4v) is 2.35. The Bertz CT molecular complexity index is 613. The number of carboxylic acids is 2. The molecule has 0 aromatic heterocycles. The third-order valence-electron chi connectivity index (χ3n) is 4.07. The first-order valence-corrected chi connectivity index (χ1v) is 9.45. The molecule has 4 atom stereocenters. The van der Waals surface area contributed by atoms with Crippen molar-refractivity contribution >= 4 is 29.7 Å². The van der Waals surface area contributed by atoms with Crippen LogP contribution in [-0.2, 0) is 24.0 Å². The van der Waals surface area contributed by atoms with E-state index < -0.39 is 60.4 Å². The molecule has 0 aromatic rings. The summed E-state index contributed by atoms with van der Waals surface area (Å²) in [5.41, 5.74) is 10.9. The van der Waals surface area contributed by atoms with Crippen molar-refractivity contribution in [2.24, 2.45) is 11.5 Å². The number of aliphatic hydroxyl groups is 1. The summed E-state index contributed by atoms with van der Waals surface area (Å²) in [5, 5.41) is 34.1. The monoisotopic (exact) mass is 433 g/mol. The molecule has 3 amide bonds. The number of hydrogen-bond acceptors (Lipinski definition) is 8. The van der Waals surface area contributed by atoms with Crippen LogP contribution in [0, 0.1) is 0 Å². The lowest BCUT2D eigenvalue weighted by molar-refractivity contribution is -0.142. The van der Waals surface area contributed by atoms with Crippen molar-refractivity contribution in [2.75, 3.05) is 13.1 Å². The van der Waals surface area contributed by atoms with Gasteiger partial charge < -0.3 is 42.7 Å². The Morgan fingerprint density at radius 3 is 2.10 bits per heavy atom. The lowest BCUT2D eigenvalue weighted by Crippen LogP contribution is -2.57. The number of carboxylic acid groups (broad SMARTS) is 2. The molecule has 0 bridgehead atoms. The minimum absolute atomic E-state index is 0.168. The standard InChI is InChI=1S/C17H31N5O8/c1-9(23)14(22-15(27)10(19)5-6-13(25)26)16(28)20-8-12(24)21-11(17(29)30)4-2-3-7-18/h9-11,14,23H,2-8,18-19H2,1H3,(H,20,28)(H,21,24)(H,22,27)(H,25,26)(H,29,30). The third kappa shape index (κ3) is 11.3. The molecule has 0 saturated heterocycles. The van der Waals surface area contributed by atoms with E-state index in [9.17, 15) is 29.1 Å². The summed E-state index contributed by atoms with van der Waals surface area (Å²) in [4.78, 5) is 57.8. The highest BCUT2D eigenvalue weighted by Crippen LogP contribution is 2.01. The first kappa shape index (κ1) is 27.2. The Kier molecular flexibility index (Phi) is 12.9. The Morgan fingerprint density at radius 2 is 1.60 bits per heavy atom. The van der Waals surface area contributed by atoms with Crippen LogP contribution in [-0.4, -0.2) is 82.3 Å². The summed E-state index contributed by atoms with van der Waals surface area (Å²) in [5.74, 6) is -4.87. The maximum absolute atomic E-state index is 12.2. The smallest absolute Gasteiger partial charge is 0.326 e. The van der Waals surface area contributed by atoms with E-state index in [2.05, 4.69) is 16.0 Å². The van der Waals surface area contributed by atoms with E-state index >= 15 is 0 Å². The number of carbonyl (C=O) groups excluding carboxylic acids is 3. The molecule has 0 aliphatic carbocycles. The van der Waals surface area contributed by atoms with E-state index in [0.29, 0.717) is 19.4 Å². The second-order valence-corrected chi connectivity index (χ2v) is 6.73. The first-order valence-electron chi connectivity index (χ1n) is 9.45. The summed E-state index contributed by atoms with van der Waals surface area (Å²) < 4.78 is 0. The fourth-order valence-electron chi connectivity index (χ4n) is 2.35. The molecule has 0 rings (SSSR count). The minimum Gasteiger partial charge on any atom is -0.481 e. The molecule has 0 aliphatic rings. The number of nitrogens with one attached hydrogen (secondary N) is 3. The predicted octanol–water partition coefficient (Wildman–Crippen LogP) is -3.14. The Labute approximate surface area is 173 Å². The van der Waals surface area contributed by atoms with Gasteiger partial charge in [0.05, 0.1) is 18.7 Å². The fraction of sp³-hybridized carbons (Fsp3) is 0.706. The summed E-state index contributed by atoms with van der Waals surface area (Å²) >= 11 is 0. The van der Waals surface area contributed by atoms with E-state index in [1.54, 1.807) is 0 Å². The molecule has 0 spiro atoms. The number of unbranched alkanes of at least 4 members (excludes halogenated alkanes) is 1. The highest BCUT2D eigenvalue weighted by molar-refractivity contribution is 5.93. The van der Waals surface area contributed by atoms with Gasteiger partial charge in [0.15, 0.2) is 0 Å². The SMILES string of the molecule is CC(O)C(NC(=O)C(N)CCC(=O)O)C(=O)NCC(=O)NC(CCCCN)C(=O)O. The van der Waals surface area contributed by atoms with Gasteiger partial charge in [-0.25, -0.2) is 4.79 Å². The van der Waals surface area contributed by atoms with Gasteiger partial charge in [-0.15, -0.1) is 0 Å². The first-order chi connectivity index (χ1) is 14.0. The highest BCUT2D eigenvalue weighted by Gasteiger charge is 2.28. The van der Waals surface area contributed by atoms with Crippen molar-refractivity contribution in [1.82, 2.24) is 16.0 Å². The average Bonchev–Trinajstić information content (AvgIpc) is 2.66. The van der Waals surface area contributed by atoms with E-state index in [0.717, 1.165) is 0 Å². The van der Waals surface area contributed by atoms with Crippen LogP contribution in [0.1, 0.15) is 39.0 Å². The molecule has 172 valence electrons. The van der Waals surface area contributed by atoms with Crippen LogP contribution in [0.4, 0.5) is 0 Å². The van der Waals surface area contributed by atoms with E-state index in [1.165, 1.54) is 6.92 Å². The lowest BCUT2D eigenvalue weighted by atomic mass is 10.1. The second kappa shape index (κ2) is 14.3. The van der Waals surface area contributed by atoms with Gasteiger partial charge in [-0.3, -0.25) is 19.2 Å². The topological polar surface area (TPSA) is 234 Å². The second-order valence-electron chi connectivity index (χ2n) is 6.73. The number of rotatable bonds is 15. The molecule has 0 aromatic carbocycles. The van der Waals surface area contributed by atoms with Crippen molar-refractivity contribution in [3.63, 3.8) is 0 Å². The maximum Gasteiger partial charge on any atom is 0.326 e. The van der Waals surface area contributed by atoms with Crippen molar-refractivity contribution in [2.45, 2.75) is 63.3 Å². The van der Waals surface area contributed by atoms with Crippen LogP contribution in [0.2, 0.25) is 0 Å². The molecular weight excluding hydrogens is 402 g/mol. The van der Waals surface area contributed by atoms with Crippen LogP contribution < -0.4 is 27.4 Å². The molecule has 4 unspecified atom stereocenters. The average molecular weight is 433 g/mol. The molecule has 0 heterocycles. The number of carbonyl (C=O) groups is 5. The number of amides is 3. The Hall–Kier alpha value is -2.77. The molecule has 30 heavy (non-hydrogen) atoms. The third-order valence-corrected chi connectivity index (χ3v) is 4.07. The van der Waals surface area contributed by atoms with Gasteiger partial charge >= 0.3 is 11.9 Å². The van der Waals surface area contributed by atoms with Crippen LogP contribution in [0.3, 0.4) is 0 Å². The number of nitrogens with two attached hydrogens (primary N) is 2. The van der Waals surface area contributed by atoms with E-state index in [-0.39, 0.29) is 19.3 Å². The van der Waals surface area contributed by atoms with Gasteiger partial charge in [0.1, 0.15) is 12.1 Å². The molecule has 0 radical (unpaired) electrons. The molecule has 10 N–H and O–H groups in total. The summed E-state index contributed by atoms with van der Waals surface area (Å²) in [6.07, 6.45) is -0.590. The molecule has 13 heteroatoms. The summed E-state index contributed by atoms with van der Waals surface area (Å²) in [6, 6.07) is -3.79. The van der Waals surface area contributed by atoms with Crippen molar-refractivity contribution in [3.05, 3.63) is 0 Å². The van der Waals surface area contributed by atoms with Gasteiger partial charge in [-0.1, -0.05) is 0 Å². The van der Waals surface area contributed by atoms with Gasteiger partial charge in [-0.05, 0) is 39.2 Å². The zero-order valence-corrected chi connectivity index (χ0v) is 16.8. The van der Waals surface area contributed by atoms with Crippen molar-refractivity contribution in [3.8, 4) is 0 Å². The predicted molar refractivity (Wildman–Crippen MR) is 104 cm³/mol. The van der Waals surface area contributed by atoms with Gasteiger partial charge in [0.25, 0.3) is 0 Å². The molecular formula is C17H31N5O8. The van der Waals surface area contributed by atoms with Crippen LogP contribution in [0.25, 0.3) is 0 Å². The van der Waals surface area contributed by atoms with E-state index in [1.807, 2.05) is 0 Å². The largest absolute Gasteiger partial charge is 0.481 e. The van der Waals surface area contributed by atoms with Crippen molar-refractivity contribution < 1.29 is 39.3 Å². The highest BCUT2D eigenvalue weighted by atomic mass is 16.4. The normalized spacial score (nSPS) is 14.7. The Morgan fingerprint density at radius 1 is 0.967 bits per heavy atom. The molecule has 0 aliphatic heterocycles. The van der Waals surface area contributed by atoms with Gasteiger partial charge in [-0.2, -0.15) is 0 Å². The summed E-state index contributed by atoms with van der Waals surface area (Å²) in [6.45, 7) is 1.04. The van der Waals surface area contributed by atoms with Crippen LogP contribution in [0.5, 0.6) is 0 Å². The summed E-state index contributed by atoms with van der Waals surface area (Å²) in [7, 11) is 0. The zero-order valence-electron chi connectivity index (χ0n) is 16.8. The van der Waals surface area contributed by atoms with Gasteiger partial charge in [0, 0.05) is 6.42 Å². The molecule has 0 fully saturated rings. The van der Waals surface area contributed by atoms with Crippen LogP contribution >= 0.6 is 0 Å². The molecule has 0 saturated carbocycles. The molecule has 13 nitrogen and oxygen atoms in total. The lowest BCUT2D eigenvalue weighted by Gasteiger charge is -2.22. The van der Waals surface area contributed by atoms with Crippen molar-refractivity contribution in [1.29, 1.82) is 0 Å². The Balaban J connectivity index is 4.69. The van der Waals surface area contributed by atoms with Crippen LogP contribution in [0.15, 0.2) is 0 Å². The number of aliphatic hydroxyl groups excluding tert-OH is 1.